The normalized spacial score (nSPS) is 17.7. The molecule has 0 spiro atoms. The number of ether oxygens (including phenoxy) is 1. The molecule has 1 amide bonds. The van der Waals surface area contributed by atoms with E-state index in [1.165, 1.54) is 11.1 Å². The Hall–Kier alpha value is -3.93. The third-order valence-corrected chi connectivity index (χ3v) is 5.20. The smallest absolute Gasteiger partial charge is 0.300 e. The van der Waals surface area contributed by atoms with Gasteiger partial charge in [-0.1, -0.05) is 42.0 Å². The Bertz CT molecular complexity index is 1140. The Morgan fingerprint density at radius 2 is 1.77 bits per heavy atom. The second-order valence-electron chi connectivity index (χ2n) is 7.25. The minimum Gasteiger partial charge on any atom is -0.507 e. The fourth-order valence-corrected chi connectivity index (χ4v) is 3.69. The molecule has 1 aromatic heterocycles. The van der Waals surface area contributed by atoms with Crippen LogP contribution in [0.3, 0.4) is 0 Å². The Kier molecular flexibility index (Phi) is 5.54. The van der Waals surface area contributed by atoms with Crippen LogP contribution in [0.4, 0.5) is 5.69 Å². The van der Waals surface area contributed by atoms with Crippen LogP contribution in [0.2, 0.25) is 0 Å². The molecule has 6 nitrogen and oxygen atoms in total. The molecule has 2 aromatic carbocycles. The zero-order chi connectivity index (χ0) is 22.0. The van der Waals surface area contributed by atoms with Crippen LogP contribution in [0.15, 0.2) is 78.6 Å². The van der Waals surface area contributed by atoms with Gasteiger partial charge in [0, 0.05) is 11.8 Å². The molecule has 0 saturated carbocycles. The van der Waals surface area contributed by atoms with Gasteiger partial charge >= 0.3 is 0 Å². The van der Waals surface area contributed by atoms with Gasteiger partial charge in [0.05, 0.1) is 30.1 Å². The van der Waals surface area contributed by atoms with Crippen LogP contribution in [0.5, 0.6) is 5.75 Å². The van der Waals surface area contributed by atoms with Crippen molar-refractivity contribution < 1.29 is 19.4 Å². The lowest BCUT2D eigenvalue weighted by Crippen LogP contribution is -2.29. The summed E-state index contributed by atoms with van der Waals surface area (Å²) in [5.74, 6) is -0.965. The fourth-order valence-electron chi connectivity index (χ4n) is 3.69. The third kappa shape index (κ3) is 3.80. The number of rotatable bonds is 5. The van der Waals surface area contributed by atoms with Gasteiger partial charge in [-0.15, -0.1) is 0 Å². The molecular formula is C25H22N2O4. The van der Waals surface area contributed by atoms with Crippen LogP contribution in [-0.2, 0) is 9.59 Å². The number of amides is 1. The first-order valence-corrected chi connectivity index (χ1v) is 10.0. The van der Waals surface area contributed by atoms with Gasteiger partial charge < -0.3 is 9.84 Å². The highest BCUT2D eigenvalue weighted by Gasteiger charge is 2.47. The molecule has 0 radical (unpaired) electrons. The number of aliphatic hydroxyl groups is 1. The van der Waals surface area contributed by atoms with E-state index in [9.17, 15) is 14.7 Å². The van der Waals surface area contributed by atoms with Crippen LogP contribution in [0.25, 0.3) is 5.76 Å². The number of anilines is 1. The highest BCUT2D eigenvalue weighted by atomic mass is 16.5. The number of hydrogen-bond acceptors (Lipinski definition) is 5. The largest absolute Gasteiger partial charge is 0.507 e. The molecule has 0 aliphatic carbocycles. The molecule has 4 rings (SSSR count). The molecule has 1 unspecified atom stereocenters. The minimum atomic E-state index is -0.791. The monoisotopic (exact) mass is 414 g/mol. The summed E-state index contributed by atoms with van der Waals surface area (Å²) in [5.41, 5.74) is 2.70. The highest BCUT2D eigenvalue weighted by Crippen LogP contribution is 2.42. The molecule has 31 heavy (non-hydrogen) atoms. The van der Waals surface area contributed by atoms with Crippen LogP contribution in [0, 0.1) is 6.92 Å². The summed E-state index contributed by atoms with van der Waals surface area (Å²) >= 11 is 0. The first-order chi connectivity index (χ1) is 15.0. The Morgan fingerprint density at radius 1 is 1.06 bits per heavy atom. The summed E-state index contributed by atoms with van der Waals surface area (Å²) in [6.45, 7) is 4.36. The van der Waals surface area contributed by atoms with Crippen molar-refractivity contribution >= 4 is 23.1 Å². The van der Waals surface area contributed by atoms with Crippen LogP contribution >= 0.6 is 0 Å². The van der Waals surface area contributed by atoms with Gasteiger partial charge in [0.1, 0.15) is 11.5 Å². The van der Waals surface area contributed by atoms with Crippen molar-refractivity contribution in [3.63, 3.8) is 0 Å². The maximum Gasteiger partial charge on any atom is 0.300 e. The van der Waals surface area contributed by atoms with E-state index in [-0.39, 0.29) is 11.3 Å². The minimum absolute atomic E-state index is 0.0434. The molecule has 2 heterocycles. The molecule has 1 aliphatic heterocycles. The van der Waals surface area contributed by atoms with E-state index in [0.717, 1.165) is 5.56 Å². The van der Waals surface area contributed by atoms with Crippen molar-refractivity contribution in [2.24, 2.45) is 0 Å². The van der Waals surface area contributed by atoms with E-state index < -0.39 is 17.7 Å². The topological polar surface area (TPSA) is 79.7 Å². The Morgan fingerprint density at radius 3 is 2.39 bits per heavy atom. The highest BCUT2D eigenvalue weighted by molar-refractivity contribution is 6.51. The maximum absolute atomic E-state index is 13.1. The van der Waals surface area contributed by atoms with Gasteiger partial charge in [0.2, 0.25) is 0 Å². The van der Waals surface area contributed by atoms with E-state index in [2.05, 4.69) is 4.98 Å². The van der Waals surface area contributed by atoms with Gasteiger partial charge in [-0.3, -0.25) is 19.5 Å². The van der Waals surface area contributed by atoms with Crippen LogP contribution < -0.4 is 9.64 Å². The van der Waals surface area contributed by atoms with Crippen molar-refractivity contribution in [3.8, 4) is 5.75 Å². The molecule has 1 fully saturated rings. The van der Waals surface area contributed by atoms with Gasteiger partial charge in [0.15, 0.2) is 0 Å². The van der Waals surface area contributed by atoms with Crippen LogP contribution in [0.1, 0.15) is 29.7 Å². The van der Waals surface area contributed by atoms with E-state index in [4.69, 9.17) is 4.74 Å². The van der Waals surface area contributed by atoms with Crippen molar-refractivity contribution in [1.82, 2.24) is 4.98 Å². The number of hydrogen-bond donors (Lipinski definition) is 1. The molecule has 1 saturated heterocycles. The summed E-state index contributed by atoms with van der Waals surface area (Å²) in [6, 6.07) is 16.9. The lowest BCUT2D eigenvalue weighted by Gasteiger charge is -2.25. The Balaban J connectivity index is 1.89. The lowest BCUT2D eigenvalue weighted by atomic mass is 9.95. The first kappa shape index (κ1) is 20.3. The van der Waals surface area contributed by atoms with Gasteiger partial charge in [-0.25, -0.2) is 0 Å². The summed E-state index contributed by atoms with van der Waals surface area (Å²) in [5, 5.41) is 11.1. The quantitative estimate of drug-likeness (QED) is 0.380. The summed E-state index contributed by atoms with van der Waals surface area (Å²) in [4.78, 5) is 31.6. The average molecular weight is 414 g/mol. The second-order valence-corrected chi connectivity index (χ2v) is 7.25. The predicted molar refractivity (Wildman–Crippen MR) is 118 cm³/mol. The van der Waals surface area contributed by atoms with E-state index in [1.54, 1.807) is 54.7 Å². The molecule has 156 valence electrons. The zero-order valence-electron chi connectivity index (χ0n) is 17.3. The van der Waals surface area contributed by atoms with Crippen LogP contribution in [-0.4, -0.2) is 28.4 Å². The number of benzene rings is 2. The van der Waals surface area contributed by atoms with E-state index in [1.807, 2.05) is 26.0 Å². The number of pyridine rings is 1. The van der Waals surface area contributed by atoms with Crippen molar-refractivity contribution in [2.75, 3.05) is 11.5 Å². The molecular weight excluding hydrogens is 392 g/mol. The first-order valence-electron chi connectivity index (χ1n) is 10.0. The Labute approximate surface area is 180 Å². The number of Topliss-reactive ketones (excluding diaryl/α,β-unsaturated/α-hetero) is 1. The van der Waals surface area contributed by atoms with E-state index in [0.29, 0.717) is 29.2 Å². The second kappa shape index (κ2) is 8.44. The van der Waals surface area contributed by atoms with Gasteiger partial charge in [0.25, 0.3) is 11.7 Å². The summed E-state index contributed by atoms with van der Waals surface area (Å²) in [7, 11) is 0. The summed E-state index contributed by atoms with van der Waals surface area (Å²) < 4.78 is 5.51. The number of aromatic nitrogens is 1. The third-order valence-electron chi connectivity index (χ3n) is 5.20. The summed E-state index contributed by atoms with van der Waals surface area (Å²) in [6.07, 6.45) is 3.12. The van der Waals surface area contributed by atoms with Crippen molar-refractivity contribution in [2.45, 2.75) is 19.9 Å². The van der Waals surface area contributed by atoms with Crippen molar-refractivity contribution in [3.05, 3.63) is 95.3 Å². The molecule has 6 heteroatoms. The molecule has 1 N–H and O–H groups in total. The SMILES string of the molecule is CCOc1ccc(C2C(=C(O)c3ccc(C)cc3)C(=O)C(=O)N2c2cccnc2)cc1. The number of carbonyl (C=O) groups excluding carboxylic acids is 2. The standard InChI is InChI=1S/C25H22N2O4/c1-3-31-20-12-10-17(11-13-20)22-21(23(28)18-8-6-16(2)7-9-18)24(29)25(30)27(22)19-5-4-14-26-15-19/h4-15,22,28H,3H2,1-2H3. The van der Waals surface area contributed by atoms with Gasteiger partial charge in [-0.2, -0.15) is 0 Å². The zero-order valence-corrected chi connectivity index (χ0v) is 17.3. The average Bonchev–Trinajstić information content (AvgIpc) is 3.06. The molecule has 0 bridgehead atoms. The van der Waals surface area contributed by atoms with Gasteiger partial charge in [-0.05, 0) is 43.7 Å². The lowest BCUT2D eigenvalue weighted by molar-refractivity contribution is -0.132. The number of aliphatic hydroxyl groups excluding tert-OH is 1. The number of ketones is 1. The predicted octanol–water partition coefficient (Wildman–Crippen LogP) is 4.42. The number of carbonyl (C=O) groups is 2. The van der Waals surface area contributed by atoms with E-state index >= 15 is 0 Å². The molecule has 1 aliphatic rings. The van der Waals surface area contributed by atoms with Crippen molar-refractivity contribution in [1.29, 1.82) is 0 Å². The number of aryl methyl sites for hydroxylation is 1. The molecule has 3 aromatic rings. The maximum atomic E-state index is 13.1. The fraction of sp³-hybridized carbons (Fsp3) is 0.160. The molecule has 1 atom stereocenters. The number of nitrogens with zero attached hydrogens (tertiary/aromatic N) is 2.